The van der Waals surface area contributed by atoms with Gasteiger partial charge in [0, 0.05) is 23.2 Å². The summed E-state index contributed by atoms with van der Waals surface area (Å²) in [5.41, 5.74) is 8.17. The van der Waals surface area contributed by atoms with Gasteiger partial charge in [0.25, 0.3) is 0 Å². The molecule has 0 spiro atoms. The SMILES string of the molecule is C=C=C/C=C\C/C=C(\CSC(=C)/C=C\C=C/C=C)C(CCCC)NC(=O)CCC1=CC=C(OC(C)C)C=C=C1. The van der Waals surface area contributed by atoms with E-state index in [1.807, 2.05) is 68.5 Å². The smallest absolute Gasteiger partial charge is 0.220 e. The van der Waals surface area contributed by atoms with Crippen molar-refractivity contribution in [3.63, 3.8) is 0 Å². The first kappa shape index (κ1) is 33.6. The topological polar surface area (TPSA) is 38.3 Å². The van der Waals surface area contributed by atoms with Crippen molar-refractivity contribution in [3.05, 3.63) is 132 Å². The molecule has 0 aromatic rings. The van der Waals surface area contributed by atoms with Crippen LogP contribution in [0.1, 0.15) is 59.3 Å². The minimum absolute atomic E-state index is 0.0183. The third kappa shape index (κ3) is 16.9. The fourth-order valence-corrected chi connectivity index (χ4v) is 4.41. The summed E-state index contributed by atoms with van der Waals surface area (Å²) in [6.45, 7) is 17.6. The monoisotopic (exact) mass is 543 g/mol. The van der Waals surface area contributed by atoms with Gasteiger partial charge in [-0.1, -0.05) is 88.1 Å². The molecule has 1 atom stereocenters. The molecular weight excluding hydrogens is 498 g/mol. The summed E-state index contributed by atoms with van der Waals surface area (Å²) in [4.78, 5) is 14.0. The summed E-state index contributed by atoms with van der Waals surface area (Å²) in [6, 6.07) is -0.0183. The van der Waals surface area contributed by atoms with E-state index in [4.69, 9.17) is 4.74 Å². The van der Waals surface area contributed by atoms with Crippen molar-refractivity contribution >= 4 is 17.7 Å². The van der Waals surface area contributed by atoms with Gasteiger partial charge >= 0.3 is 0 Å². The molecule has 0 heterocycles. The van der Waals surface area contributed by atoms with Gasteiger partial charge in [0.15, 0.2) is 0 Å². The fourth-order valence-electron chi connectivity index (χ4n) is 3.57. The summed E-state index contributed by atoms with van der Waals surface area (Å²) >= 11 is 1.68. The van der Waals surface area contributed by atoms with Crippen LogP contribution in [0, 0.1) is 0 Å². The van der Waals surface area contributed by atoms with Gasteiger partial charge in [-0.15, -0.1) is 23.2 Å². The minimum Gasteiger partial charge on any atom is -0.490 e. The number of hydrogen-bond donors (Lipinski definition) is 1. The molecule has 0 fully saturated rings. The van der Waals surface area contributed by atoms with Gasteiger partial charge < -0.3 is 10.1 Å². The van der Waals surface area contributed by atoms with E-state index in [2.05, 4.69) is 55.6 Å². The maximum Gasteiger partial charge on any atom is 0.220 e. The van der Waals surface area contributed by atoms with E-state index in [1.54, 1.807) is 23.9 Å². The quantitative estimate of drug-likeness (QED) is 0.100. The Balaban J connectivity index is 2.94. The number of unbranched alkanes of at least 4 members (excludes halogenated alkanes) is 1. The molecular formula is C35H45NO2S. The van der Waals surface area contributed by atoms with Crippen LogP contribution in [-0.2, 0) is 9.53 Å². The van der Waals surface area contributed by atoms with Crippen molar-refractivity contribution in [3.8, 4) is 0 Å². The lowest BCUT2D eigenvalue weighted by molar-refractivity contribution is -0.121. The average molecular weight is 544 g/mol. The number of amides is 1. The van der Waals surface area contributed by atoms with E-state index in [-0.39, 0.29) is 18.1 Å². The molecule has 1 amide bonds. The molecule has 4 heteroatoms. The van der Waals surface area contributed by atoms with Crippen LogP contribution in [0.4, 0.5) is 0 Å². The summed E-state index contributed by atoms with van der Waals surface area (Å²) in [5.74, 6) is 1.59. The van der Waals surface area contributed by atoms with Crippen molar-refractivity contribution in [1.82, 2.24) is 5.32 Å². The normalized spacial score (nSPS) is 14.3. The van der Waals surface area contributed by atoms with Gasteiger partial charge in [0.2, 0.25) is 5.91 Å². The number of allylic oxidation sites excluding steroid dienone is 13. The Morgan fingerprint density at radius 2 is 2.03 bits per heavy atom. The van der Waals surface area contributed by atoms with E-state index in [0.29, 0.717) is 12.8 Å². The standard InChI is InChI=1S/C35H45NO2S/c1-7-10-13-15-17-21-32(28-39-30(6)19-16-14-11-8-2)34(23-12-9-3)36-35(37)27-25-31-20-18-22-33(26-24-31)38-29(4)5/h8,10-11,13-16,19-22,24,26,29,34H,1-2,6,9,12,17,23,25,27-28H2,3-5H3,(H,36,37)/b14-11-,15-13-,19-16-,32-21+. The average Bonchev–Trinajstić information content (AvgIpc) is 3.14. The van der Waals surface area contributed by atoms with E-state index in [1.165, 1.54) is 5.57 Å². The second-order valence-corrected chi connectivity index (χ2v) is 10.3. The van der Waals surface area contributed by atoms with Gasteiger partial charge in [-0.05, 0) is 68.6 Å². The number of hydrogen-bond acceptors (Lipinski definition) is 3. The van der Waals surface area contributed by atoms with Crippen LogP contribution in [0.3, 0.4) is 0 Å². The van der Waals surface area contributed by atoms with Crippen molar-refractivity contribution in [2.45, 2.75) is 71.4 Å². The molecule has 1 N–H and O–H groups in total. The minimum atomic E-state index is -0.0183. The Morgan fingerprint density at radius 1 is 1.21 bits per heavy atom. The van der Waals surface area contributed by atoms with Crippen molar-refractivity contribution < 1.29 is 9.53 Å². The zero-order valence-corrected chi connectivity index (χ0v) is 24.8. The molecule has 0 radical (unpaired) electrons. The van der Waals surface area contributed by atoms with Crippen LogP contribution in [0.5, 0.6) is 0 Å². The molecule has 0 saturated carbocycles. The zero-order valence-electron chi connectivity index (χ0n) is 24.0. The van der Waals surface area contributed by atoms with E-state index in [0.717, 1.165) is 47.7 Å². The molecule has 3 nitrogen and oxygen atoms in total. The maximum atomic E-state index is 13.1. The van der Waals surface area contributed by atoms with Crippen LogP contribution < -0.4 is 5.32 Å². The van der Waals surface area contributed by atoms with Crippen LogP contribution >= 0.6 is 11.8 Å². The largest absolute Gasteiger partial charge is 0.490 e. The van der Waals surface area contributed by atoms with Crippen LogP contribution in [-0.4, -0.2) is 23.8 Å². The lowest BCUT2D eigenvalue weighted by Gasteiger charge is -2.22. The first-order chi connectivity index (χ1) is 18.9. The molecule has 1 rings (SSSR count). The number of nitrogens with one attached hydrogen (secondary N) is 1. The van der Waals surface area contributed by atoms with E-state index < -0.39 is 0 Å². The lowest BCUT2D eigenvalue weighted by Crippen LogP contribution is -2.37. The van der Waals surface area contributed by atoms with Crippen molar-refractivity contribution in [2.75, 3.05) is 5.75 Å². The Labute approximate surface area is 241 Å². The highest BCUT2D eigenvalue weighted by Gasteiger charge is 2.17. The van der Waals surface area contributed by atoms with Gasteiger partial charge in [0.05, 0.1) is 12.1 Å². The fraction of sp³-hybridized carbons (Fsp3) is 0.343. The molecule has 0 saturated heterocycles. The lowest BCUT2D eigenvalue weighted by atomic mass is 10.0. The molecule has 208 valence electrons. The van der Waals surface area contributed by atoms with Gasteiger partial charge in [-0.25, -0.2) is 0 Å². The first-order valence-corrected chi connectivity index (χ1v) is 14.6. The number of carbonyl (C=O) groups excluding carboxylic acids is 1. The molecule has 0 aliphatic heterocycles. The second kappa shape index (κ2) is 21.5. The van der Waals surface area contributed by atoms with Gasteiger partial charge in [-0.3, -0.25) is 4.79 Å². The Hall–Kier alpha value is -3.42. The molecule has 1 aliphatic carbocycles. The number of ether oxygens (including phenoxy) is 1. The third-order valence-corrected chi connectivity index (χ3v) is 6.51. The number of thioether (sulfide) groups is 1. The van der Waals surface area contributed by atoms with E-state index in [9.17, 15) is 4.79 Å². The Kier molecular flexibility index (Phi) is 18.5. The number of rotatable bonds is 19. The van der Waals surface area contributed by atoms with Gasteiger partial charge in [-0.2, -0.15) is 0 Å². The predicted molar refractivity (Wildman–Crippen MR) is 171 cm³/mol. The van der Waals surface area contributed by atoms with Crippen LogP contribution in [0.25, 0.3) is 0 Å². The molecule has 0 aromatic carbocycles. The van der Waals surface area contributed by atoms with Crippen LogP contribution in [0.15, 0.2) is 132 Å². The second-order valence-electron chi connectivity index (χ2n) is 9.24. The highest BCUT2D eigenvalue weighted by atomic mass is 32.2. The summed E-state index contributed by atoms with van der Waals surface area (Å²) in [6.07, 6.45) is 30.2. The molecule has 1 unspecified atom stereocenters. The zero-order chi connectivity index (χ0) is 28.7. The predicted octanol–water partition coefficient (Wildman–Crippen LogP) is 9.16. The third-order valence-electron chi connectivity index (χ3n) is 5.53. The Morgan fingerprint density at radius 3 is 2.74 bits per heavy atom. The van der Waals surface area contributed by atoms with Gasteiger partial charge in [0.1, 0.15) is 5.76 Å². The highest BCUT2D eigenvalue weighted by molar-refractivity contribution is 8.03. The maximum absolute atomic E-state index is 13.1. The molecule has 0 bridgehead atoms. The summed E-state index contributed by atoms with van der Waals surface area (Å²) in [7, 11) is 0. The summed E-state index contributed by atoms with van der Waals surface area (Å²) < 4.78 is 5.75. The first-order valence-electron chi connectivity index (χ1n) is 13.7. The highest BCUT2D eigenvalue weighted by Crippen LogP contribution is 2.23. The molecule has 39 heavy (non-hydrogen) atoms. The Bertz CT molecular complexity index is 1100. The van der Waals surface area contributed by atoms with Crippen molar-refractivity contribution in [2.24, 2.45) is 0 Å². The van der Waals surface area contributed by atoms with Crippen molar-refractivity contribution in [1.29, 1.82) is 0 Å². The van der Waals surface area contributed by atoms with Crippen LogP contribution in [0.2, 0.25) is 0 Å². The van der Waals surface area contributed by atoms with E-state index >= 15 is 0 Å². The molecule has 1 aliphatic rings. The summed E-state index contributed by atoms with van der Waals surface area (Å²) in [5, 5.41) is 3.32. The number of carbonyl (C=O) groups is 1. The molecule has 0 aromatic heterocycles.